The summed E-state index contributed by atoms with van der Waals surface area (Å²) in [7, 11) is 0. The number of aromatic nitrogens is 4. The summed E-state index contributed by atoms with van der Waals surface area (Å²) in [6.45, 7) is 5.40. The number of alkyl halides is 3. The van der Waals surface area contributed by atoms with Gasteiger partial charge in [-0.05, 0) is 57.6 Å². The Hall–Kier alpha value is -3.01. The minimum Gasteiger partial charge on any atom is -0.386 e. The maximum absolute atomic E-state index is 12.8. The first kappa shape index (κ1) is 25.1. The molecule has 2 N–H and O–H groups in total. The van der Waals surface area contributed by atoms with E-state index in [1.54, 1.807) is 26.0 Å². The molecule has 1 fully saturated rings. The Bertz CT molecular complexity index is 1190. The number of hydrogen-bond acceptors (Lipinski definition) is 5. The van der Waals surface area contributed by atoms with Crippen LogP contribution in [-0.4, -0.2) is 30.8 Å². The van der Waals surface area contributed by atoms with Crippen molar-refractivity contribution < 1.29 is 23.1 Å². The number of carbonyl (C=O) groups is 1. The second kappa shape index (κ2) is 9.56. The van der Waals surface area contributed by atoms with Crippen molar-refractivity contribution in [3.63, 3.8) is 0 Å². The molecule has 1 amide bonds. The number of carbonyl (C=O) groups excluding carboxylic acids is 1. The molecule has 0 unspecified atom stereocenters. The molecule has 0 radical (unpaired) electrons. The van der Waals surface area contributed by atoms with Gasteiger partial charge in [-0.15, -0.1) is 0 Å². The number of aliphatic hydroxyl groups is 1. The molecular weight excluding hydrogens is 459 g/mol. The van der Waals surface area contributed by atoms with Crippen LogP contribution in [0.3, 0.4) is 0 Å². The van der Waals surface area contributed by atoms with Crippen molar-refractivity contribution in [3.8, 4) is 0 Å². The molecule has 0 spiro atoms. The molecule has 0 bridgehead atoms. The van der Waals surface area contributed by atoms with Gasteiger partial charge >= 0.3 is 6.18 Å². The van der Waals surface area contributed by atoms with Gasteiger partial charge < -0.3 is 10.4 Å². The van der Waals surface area contributed by atoms with Gasteiger partial charge in [-0.1, -0.05) is 19.8 Å². The lowest BCUT2D eigenvalue weighted by molar-refractivity contribution is -0.145. The van der Waals surface area contributed by atoms with E-state index in [2.05, 4.69) is 22.2 Å². The zero-order valence-corrected chi connectivity index (χ0v) is 20.1. The van der Waals surface area contributed by atoms with Crippen molar-refractivity contribution >= 4 is 22.5 Å². The van der Waals surface area contributed by atoms with Gasteiger partial charge in [-0.3, -0.25) is 9.48 Å². The zero-order valence-electron chi connectivity index (χ0n) is 20.1. The Morgan fingerprint density at radius 1 is 1.14 bits per heavy atom. The van der Waals surface area contributed by atoms with E-state index in [9.17, 15) is 23.1 Å². The van der Waals surface area contributed by atoms with Crippen LogP contribution in [0.5, 0.6) is 0 Å². The van der Waals surface area contributed by atoms with Crippen molar-refractivity contribution in [2.24, 2.45) is 5.92 Å². The lowest BCUT2D eigenvalue weighted by Gasteiger charge is -2.28. The molecule has 0 aliphatic heterocycles. The zero-order chi connectivity index (χ0) is 25.4. The maximum Gasteiger partial charge on any atom is 0.451 e. The third-order valence-corrected chi connectivity index (χ3v) is 6.62. The molecule has 3 aromatic rings. The maximum atomic E-state index is 12.8. The average molecular weight is 490 g/mol. The van der Waals surface area contributed by atoms with Crippen LogP contribution in [0.2, 0.25) is 0 Å². The predicted octanol–water partition coefficient (Wildman–Crippen LogP) is 5.86. The first-order valence-corrected chi connectivity index (χ1v) is 11.9. The van der Waals surface area contributed by atoms with Gasteiger partial charge in [0.05, 0.1) is 22.7 Å². The largest absolute Gasteiger partial charge is 0.451 e. The van der Waals surface area contributed by atoms with E-state index in [0.29, 0.717) is 22.8 Å². The molecule has 1 saturated carbocycles. The summed E-state index contributed by atoms with van der Waals surface area (Å²) in [5, 5.41) is 19.0. The molecule has 10 heteroatoms. The number of benzene rings is 1. The topological polar surface area (TPSA) is 92.9 Å². The summed E-state index contributed by atoms with van der Waals surface area (Å²) in [5.74, 6) is -1.21. The number of halogens is 3. The van der Waals surface area contributed by atoms with E-state index in [4.69, 9.17) is 5.10 Å². The van der Waals surface area contributed by atoms with E-state index < -0.39 is 23.5 Å². The smallest absolute Gasteiger partial charge is 0.386 e. The molecule has 1 aromatic carbocycles. The van der Waals surface area contributed by atoms with Crippen molar-refractivity contribution in [1.29, 1.82) is 0 Å². The molecule has 2 heterocycles. The number of anilines is 1. The fourth-order valence-electron chi connectivity index (χ4n) is 4.78. The van der Waals surface area contributed by atoms with E-state index in [1.165, 1.54) is 25.7 Å². The van der Waals surface area contributed by atoms with Gasteiger partial charge in [0.25, 0.3) is 5.91 Å². The third kappa shape index (κ3) is 5.63. The van der Waals surface area contributed by atoms with E-state index >= 15 is 0 Å². The lowest BCUT2D eigenvalue weighted by Crippen LogP contribution is -2.21. The number of nitrogens with one attached hydrogen (secondary N) is 1. The quantitative estimate of drug-likeness (QED) is 0.453. The van der Waals surface area contributed by atoms with Crippen molar-refractivity contribution in [1.82, 2.24) is 19.7 Å². The van der Waals surface area contributed by atoms with Crippen LogP contribution in [0.25, 0.3) is 10.9 Å². The molecule has 1 aliphatic rings. The summed E-state index contributed by atoms with van der Waals surface area (Å²) in [6.07, 6.45) is 5.88. The summed E-state index contributed by atoms with van der Waals surface area (Å²) >= 11 is 0. The SMILES string of the molecule is CCCC1CCC(n2cc3cc(NC(=O)c4cnc(C(F)(F)F)nc4)c(C(C)(C)O)cc3n2)CC1. The Kier molecular flexibility index (Phi) is 6.86. The van der Waals surface area contributed by atoms with Crippen LogP contribution in [0.4, 0.5) is 18.9 Å². The van der Waals surface area contributed by atoms with Crippen molar-refractivity contribution in [2.45, 2.75) is 77.1 Å². The normalized spacial score (nSPS) is 19.2. The van der Waals surface area contributed by atoms with E-state index in [1.807, 2.05) is 10.9 Å². The lowest BCUT2D eigenvalue weighted by atomic mass is 9.83. The monoisotopic (exact) mass is 489 g/mol. The van der Waals surface area contributed by atoms with Crippen LogP contribution in [0.15, 0.2) is 30.7 Å². The molecule has 2 aromatic heterocycles. The van der Waals surface area contributed by atoms with Gasteiger partial charge in [0.2, 0.25) is 5.82 Å². The summed E-state index contributed by atoms with van der Waals surface area (Å²) in [5.41, 5.74) is 0.0762. The van der Waals surface area contributed by atoms with Gasteiger partial charge in [0.1, 0.15) is 0 Å². The highest BCUT2D eigenvalue weighted by Crippen LogP contribution is 2.37. The number of amides is 1. The molecule has 1 aliphatic carbocycles. The highest BCUT2D eigenvalue weighted by molar-refractivity contribution is 6.05. The number of hydrogen-bond donors (Lipinski definition) is 2. The van der Waals surface area contributed by atoms with Crippen molar-refractivity contribution in [2.75, 3.05) is 5.32 Å². The minimum atomic E-state index is -4.69. The number of nitrogens with zero attached hydrogens (tertiary/aromatic N) is 4. The first-order chi connectivity index (χ1) is 16.5. The second-order valence-electron chi connectivity index (χ2n) is 9.84. The standard InChI is InChI=1S/C25H30F3N5O2/c1-4-5-15-6-8-18(9-7-15)33-14-16-10-21(19(24(2,3)35)11-20(16)32-33)31-22(34)17-12-29-23(30-13-17)25(26,27)28/h10-15,18,35H,4-9H2,1-3H3,(H,31,34). The fraction of sp³-hybridized carbons (Fsp3) is 0.520. The van der Waals surface area contributed by atoms with Gasteiger partial charge in [0.15, 0.2) is 0 Å². The Labute approximate surface area is 201 Å². The molecule has 0 atom stereocenters. The van der Waals surface area contributed by atoms with Crippen LogP contribution in [0.1, 0.15) is 87.1 Å². The summed E-state index contributed by atoms with van der Waals surface area (Å²) in [6, 6.07) is 3.79. The summed E-state index contributed by atoms with van der Waals surface area (Å²) in [4.78, 5) is 19.2. The van der Waals surface area contributed by atoms with Crippen LogP contribution in [-0.2, 0) is 11.8 Å². The van der Waals surface area contributed by atoms with Crippen LogP contribution in [0, 0.1) is 5.92 Å². The van der Waals surface area contributed by atoms with Crippen molar-refractivity contribution in [3.05, 3.63) is 47.7 Å². The minimum absolute atomic E-state index is 0.126. The van der Waals surface area contributed by atoms with E-state index in [-0.39, 0.29) is 5.56 Å². The molecule has 7 nitrogen and oxygen atoms in total. The van der Waals surface area contributed by atoms with Gasteiger partial charge in [-0.25, -0.2) is 9.97 Å². The second-order valence-corrected chi connectivity index (χ2v) is 9.84. The third-order valence-electron chi connectivity index (χ3n) is 6.62. The molecular formula is C25H30F3N5O2. The van der Waals surface area contributed by atoms with Gasteiger partial charge in [-0.2, -0.15) is 18.3 Å². The number of fused-ring (bicyclic) bond motifs is 1. The number of rotatable bonds is 6. The average Bonchev–Trinajstić information content (AvgIpc) is 3.21. The fourth-order valence-corrected chi connectivity index (χ4v) is 4.78. The highest BCUT2D eigenvalue weighted by atomic mass is 19.4. The van der Waals surface area contributed by atoms with E-state index in [0.717, 1.165) is 36.5 Å². The molecule has 4 rings (SSSR count). The Balaban J connectivity index is 1.60. The van der Waals surface area contributed by atoms with Gasteiger partial charge in [0, 0.05) is 35.2 Å². The molecule has 188 valence electrons. The Morgan fingerprint density at radius 2 is 1.80 bits per heavy atom. The first-order valence-electron chi connectivity index (χ1n) is 11.9. The van der Waals surface area contributed by atoms with Crippen LogP contribution >= 0.6 is 0 Å². The predicted molar refractivity (Wildman–Crippen MR) is 126 cm³/mol. The molecule has 0 saturated heterocycles. The Morgan fingerprint density at radius 3 is 2.37 bits per heavy atom. The highest BCUT2D eigenvalue weighted by Gasteiger charge is 2.34. The van der Waals surface area contributed by atoms with Crippen LogP contribution < -0.4 is 5.32 Å². The summed E-state index contributed by atoms with van der Waals surface area (Å²) < 4.78 is 40.2. The molecule has 35 heavy (non-hydrogen) atoms.